The first-order chi connectivity index (χ1) is 13.7. The van der Waals surface area contributed by atoms with Gasteiger partial charge in [-0.05, 0) is 42.8 Å². The van der Waals surface area contributed by atoms with Crippen LogP contribution in [-0.2, 0) is 14.3 Å². The molecule has 0 unspecified atom stereocenters. The van der Waals surface area contributed by atoms with Crippen molar-refractivity contribution >= 4 is 29.3 Å². The van der Waals surface area contributed by atoms with Gasteiger partial charge in [0.2, 0.25) is 0 Å². The number of halogens is 2. The lowest BCUT2D eigenvalue weighted by atomic mass is 10.1. The first kappa shape index (κ1) is 21.6. The van der Waals surface area contributed by atoms with Crippen molar-refractivity contribution in [3.8, 4) is 6.07 Å². The molecule has 0 saturated carbocycles. The molecule has 2 rings (SSSR count). The van der Waals surface area contributed by atoms with Crippen molar-refractivity contribution in [1.29, 1.82) is 5.26 Å². The number of benzene rings is 2. The quantitative estimate of drug-likeness (QED) is 0.457. The average Bonchev–Trinajstić information content (AvgIpc) is 2.68. The SMILES string of the molecule is C[C@@H](OC(=O)/C(C#N)=C/c1ccc(N(C)C)cc1)C(=O)Nc1ccc(F)cc1F. The van der Waals surface area contributed by atoms with Gasteiger partial charge >= 0.3 is 5.97 Å². The fourth-order valence-electron chi connectivity index (χ4n) is 2.27. The Morgan fingerprint density at radius 2 is 1.83 bits per heavy atom. The zero-order valence-corrected chi connectivity index (χ0v) is 16.1. The Balaban J connectivity index is 2.05. The molecule has 0 aliphatic heterocycles. The summed E-state index contributed by atoms with van der Waals surface area (Å²) in [6.45, 7) is 1.27. The van der Waals surface area contributed by atoms with Crippen LogP contribution in [0.4, 0.5) is 20.2 Å². The molecule has 29 heavy (non-hydrogen) atoms. The maximum absolute atomic E-state index is 13.6. The predicted molar refractivity (Wildman–Crippen MR) is 105 cm³/mol. The molecule has 0 aromatic heterocycles. The number of carbonyl (C=O) groups excluding carboxylic acids is 2. The van der Waals surface area contributed by atoms with E-state index in [2.05, 4.69) is 5.32 Å². The number of carbonyl (C=O) groups is 2. The van der Waals surface area contributed by atoms with Crippen LogP contribution in [-0.4, -0.2) is 32.1 Å². The van der Waals surface area contributed by atoms with Gasteiger partial charge in [0.15, 0.2) is 6.10 Å². The van der Waals surface area contributed by atoms with Gasteiger partial charge in [0.05, 0.1) is 5.69 Å². The van der Waals surface area contributed by atoms with Crippen LogP contribution < -0.4 is 10.2 Å². The number of nitrogens with zero attached hydrogens (tertiary/aromatic N) is 2. The zero-order chi connectivity index (χ0) is 21.6. The summed E-state index contributed by atoms with van der Waals surface area (Å²) < 4.78 is 31.5. The number of esters is 1. The predicted octanol–water partition coefficient (Wildman–Crippen LogP) is 3.51. The number of nitrogens with one attached hydrogen (secondary N) is 1. The van der Waals surface area contributed by atoms with E-state index in [4.69, 9.17) is 4.74 Å². The van der Waals surface area contributed by atoms with Gasteiger partial charge in [-0.3, -0.25) is 4.79 Å². The third-order valence-electron chi connectivity index (χ3n) is 3.90. The fourth-order valence-corrected chi connectivity index (χ4v) is 2.27. The van der Waals surface area contributed by atoms with Crippen LogP contribution in [0, 0.1) is 23.0 Å². The highest BCUT2D eigenvalue weighted by atomic mass is 19.1. The Morgan fingerprint density at radius 1 is 1.17 bits per heavy atom. The van der Waals surface area contributed by atoms with Gasteiger partial charge in [-0.1, -0.05) is 12.1 Å². The monoisotopic (exact) mass is 399 g/mol. The van der Waals surface area contributed by atoms with Crippen molar-refractivity contribution in [2.45, 2.75) is 13.0 Å². The first-order valence-corrected chi connectivity index (χ1v) is 8.57. The van der Waals surface area contributed by atoms with E-state index in [-0.39, 0.29) is 11.3 Å². The van der Waals surface area contributed by atoms with Crippen LogP contribution in [0.1, 0.15) is 12.5 Å². The van der Waals surface area contributed by atoms with E-state index in [9.17, 15) is 23.6 Å². The number of nitriles is 1. The average molecular weight is 399 g/mol. The number of rotatable bonds is 6. The molecular weight excluding hydrogens is 380 g/mol. The largest absolute Gasteiger partial charge is 0.448 e. The maximum Gasteiger partial charge on any atom is 0.349 e. The van der Waals surface area contributed by atoms with Crippen molar-refractivity contribution in [2.75, 3.05) is 24.3 Å². The molecule has 1 N–H and O–H groups in total. The second-order valence-electron chi connectivity index (χ2n) is 6.32. The molecule has 0 saturated heterocycles. The number of anilines is 2. The van der Waals surface area contributed by atoms with Gasteiger partial charge in [-0.25, -0.2) is 13.6 Å². The van der Waals surface area contributed by atoms with Crippen LogP contribution in [0.3, 0.4) is 0 Å². The molecule has 0 spiro atoms. The maximum atomic E-state index is 13.6. The molecule has 0 fully saturated rings. The van der Waals surface area contributed by atoms with Gasteiger partial charge in [0.1, 0.15) is 23.3 Å². The molecule has 0 radical (unpaired) electrons. The van der Waals surface area contributed by atoms with Gasteiger partial charge in [-0.2, -0.15) is 5.26 Å². The Morgan fingerprint density at radius 3 is 2.38 bits per heavy atom. The summed E-state index contributed by atoms with van der Waals surface area (Å²) in [5.41, 5.74) is 1.00. The lowest BCUT2D eigenvalue weighted by molar-refractivity contribution is -0.148. The third kappa shape index (κ3) is 5.87. The highest BCUT2D eigenvalue weighted by Crippen LogP contribution is 2.17. The van der Waals surface area contributed by atoms with Crippen molar-refractivity contribution in [3.63, 3.8) is 0 Å². The molecule has 8 heteroatoms. The molecule has 1 amide bonds. The zero-order valence-electron chi connectivity index (χ0n) is 16.1. The molecule has 2 aromatic carbocycles. The lowest BCUT2D eigenvalue weighted by Crippen LogP contribution is -2.30. The molecule has 0 heterocycles. The summed E-state index contributed by atoms with van der Waals surface area (Å²) in [7, 11) is 3.76. The summed E-state index contributed by atoms with van der Waals surface area (Å²) in [6, 6.07) is 11.5. The van der Waals surface area contributed by atoms with Crippen molar-refractivity contribution < 1.29 is 23.1 Å². The lowest BCUT2D eigenvalue weighted by Gasteiger charge is -2.14. The molecule has 0 aliphatic rings. The second kappa shape index (κ2) is 9.46. The van der Waals surface area contributed by atoms with E-state index >= 15 is 0 Å². The summed E-state index contributed by atoms with van der Waals surface area (Å²) in [4.78, 5) is 26.2. The third-order valence-corrected chi connectivity index (χ3v) is 3.90. The van der Waals surface area contributed by atoms with Crippen molar-refractivity contribution in [3.05, 3.63) is 65.2 Å². The van der Waals surface area contributed by atoms with Crippen molar-refractivity contribution in [2.24, 2.45) is 0 Å². The van der Waals surface area contributed by atoms with Crippen LogP contribution in [0.15, 0.2) is 48.0 Å². The van der Waals surface area contributed by atoms with E-state index in [0.29, 0.717) is 11.6 Å². The van der Waals surface area contributed by atoms with E-state index in [1.165, 1.54) is 13.0 Å². The van der Waals surface area contributed by atoms with E-state index < -0.39 is 29.6 Å². The summed E-state index contributed by atoms with van der Waals surface area (Å²) in [6.07, 6.45) is 0.0336. The topological polar surface area (TPSA) is 82.4 Å². The number of ether oxygens (including phenoxy) is 1. The number of hydrogen-bond donors (Lipinski definition) is 1. The van der Waals surface area contributed by atoms with Gasteiger partial charge in [0, 0.05) is 25.8 Å². The minimum Gasteiger partial charge on any atom is -0.448 e. The smallest absolute Gasteiger partial charge is 0.349 e. The number of amides is 1. The van der Waals surface area contributed by atoms with E-state index in [0.717, 1.165) is 17.8 Å². The van der Waals surface area contributed by atoms with E-state index in [1.54, 1.807) is 18.2 Å². The van der Waals surface area contributed by atoms with Gasteiger partial charge in [0.25, 0.3) is 5.91 Å². The minimum atomic E-state index is -1.31. The van der Waals surface area contributed by atoms with Crippen LogP contribution in [0.2, 0.25) is 0 Å². The van der Waals surface area contributed by atoms with Crippen LogP contribution >= 0.6 is 0 Å². The van der Waals surface area contributed by atoms with E-state index in [1.807, 2.05) is 31.1 Å². The Hall–Kier alpha value is -3.73. The van der Waals surface area contributed by atoms with Crippen LogP contribution in [0.25, 0.3) is 6.08 Å². The molecule has 0 bridgehead atoms. The van der Waals surface area contributed by atoms with Gasteiger partial charge in [-0.15, -0.1) is 0 Å². The second-order valence-corrected chi connectivity index (χ2v) is 6.32. The summed E-state index contributed by atoms with van der Waals surface area (Å²) in [5, 5.41) is 11.4. The van der Waals surface area contributed by atoms with Gasteiger partial charge < -0.3 is 15.0 Å². The molecule has 6 nitrogen and oxygen atoms in total. The fraction of sp³-hybridized carbons (Fsp3) is 0.190. The number of hydrogen-bond acceptors (Lipinski definition) is 5. The molecule has 150 valence electrons. The molecule has 0 aliphatic carbocycles. The molecule has 1 atom stereocenters. The standard InChI is InChI=1S/C21H19F2N3O3/c1-13(20(27)25-19-9-6-16(22)11-18(19)23)29-21(28)15(12-24)10-14-4-7-17(8-5-14)26(2)3/h4-11,13H,1-3H3,(H,25,27)/b15-10+/t13-/m1/s1. The summed E-state index contributed by atoms with van der Waals surface area (Å²) in [5.74, 6) is -3.57. The highest BCUT2D eigenvalue weighted by Gasteiger charge is 2.21. The molecule has 2 aromatic rings. The minimum absolute atomic E-state index is 0.253. The van der Waals surface area contributed by atoms with Crippen LogP contribution in [0.5, 0.6) is 0 Å². The molecular formula is C21H19F2N3O3. The normalized spacial score (nSPS) is 11.9. The highest BCUT2D eigenvalue weighted by molar-refractivity contribution is 6.01. The Bertz CT molecular complexity index is 980. The van der Waals surface area contributed by atoms with Crippen molar-refractivity contribution in [1.82, 2.24) is 0 Å². The summed E-state index contributed by atoms with van der Waals surface area (Å²) >= 11 is 0. The Labute approximate surface area is 167 Å². The first-order valence-electron chi connectivity index (χ1n) is 8.57. The Kier molecular flexibility index (Phi) is 7.04.